The van der Waals surface area contributed by atoms with Crippen molar-refractivity contribution in [3.8, 4) is 5.75 Å². The van der Waals surface area contributed by atoms with Gasteiger partial charge < -0.3 is 14.6 Å². The number of hydrogen-bond donors (Lipinski definition) is 1. The Morgan fingerprint density at radius 1 is 0.968 bits per heavy atom. The van der Waals surface area contributed by atoms with Gasteiger partial charge in [0, 0.05) is 9.79 Å². The van der Waals surface area contributed by atoms with Gasteiger partial charge in [-0.2, -0.15) is 0 Å². The lowest BCUT2D eigenvalue weighted by Gasteiger charge is -2.11. The van der Waals surface area contributed by atoms with Gasteiger partial charge in [-0.1, -0.05) is 65.4 Å². The molecule has 0 aliphatic carbocycles. The molecule has 156 valence electrons. The largest absolute Gasteiger partial charge is 0.488 e. The highest BCUT2D eigenvalue weighted by Gasteiger charge is 2.21. The lowest BCUT2D eigenvalue weighted by molar-refractivity contribution is 0.101. The maximum absolute atomic E-state index is 13.0. The third kappa shape index (κ3) is 4.98. The highest BCUT2D eigenvalue weighted by molar-refractivity contribution is 7.99. The summed E-state index contributed by atoms with van der Waals surface area (Å²) in [6, 6.07) is 25.5. The Labute approximate surface area is 185 Å². The van der Waals surface area contributed by atoms with E-state index in [2.05, 4.69) is 10.5 Å². The van der Waals surface area contributed by atoms with Gasteiger partial charge in [0.15, 0.2) is 5.69 Å². The number of amides is 1. The zero-order chi connectivity index (χ0) is 21.6. The number of nitrogens with one attached hydrogen (secondary N) is 1. The van der Waals surface area contributed by atoms with Gasteiger partial charge in [0.2, 0.25) is 0 Å². The van der Waals surface area contributed by atoms with Crippen molar-refractivity contribution < 1.29 is 14.1 Å². The molecular formula is C25H22N2O3S. The van der Waals surface area contributed by atoms with Gasteiger partial charge in [0.05, 0.1) is 11.3 Å². The standard InChI is InChI=1S/C25H22N2O3S/c1-17-10-6-8-14-22(17)29-16-20-18(2)30-27-24(20)25(28)26-21-13-7-9-15-23(21)31-19-11-4-3-5-12-19/h3-15H,16H2,1-2H3,(H,26,28). The molecule has 0 radical (unpaired) electrons. The van der Waals surface area contributed by atoms with Crippen LogP contribution in [-0.4, -0.2) is 11.1 Å². The summed E-state index contributed by atoms with van der Waals surface area (Å²) in [4.78, 5) is 15.1. The summed E-state index contributed by atoms with van der Waals surface area (Å²) in [5.41, 5.74) is 2.60. The molecule has 6 heteroatoms. The van der Waals surface area contributed by atoms with Crippen molar-refractivity contribution in [2.24, 2.45) is 0 Å². The Balaban J connectivity index is 1.52. The number of nitrogens with zero attached hydrogens (tertiary/aromatic N) is 1. The van der Waals surface area contributed by atoms with Crippen LogP contribution in [0.15, 0.2) is 93.2 Å². The van der Waals surface area contributed by atoms with Gasteiger partial charge in [-0.15, -0.1) is 0 Å². The first-order valence-electron chi connectivity index (χ1n) is 9.88. The number of aryl methyl sites for hydroxylation is 2. The SMILES string of the molecule is Cc1ccccc1OCc1c(C(=O)Nc2ccccc2Sc2ccccc2)noc1C. The summed E-state index contributed by atoms with van der Waals surface area (Å²) in [5.74, 6) is 0.992. The summed E-state index contributed by atoms with van der Waals surface area (Å²) >= 11 is 1.59. The second kappa shape index (κ2) is 9.53. The highest BCUT2D eigenvalue weighted by Crippen LogP contribution is 2.33. The summed E-state index contributed by atoms with van der Waals surface area (Å²) in [6.45, 7) is 3.95. The summed E-state index contributed by atoms with van der Waals surface area (Å²) in [5, 5.41) is 6.96. The molecule has 0 atom stereocenters. The Morgan fingerprint density at radius 2 is 1.68 bits per heavy atom. The van der Waals surface area contributed by atoms with Crippen molar-refractivity contribution in [3.63, 3.8) is 0 Å². The van der Waals surface area contributed by atoms with Crippen molar-refractivity contribution in [2.75, 3.05) is 5.32 Å². The van der Waals surface area contributed by atoms with Gasteiger partial charge in [-0.05, 0) is 49.7 Å². The molecule has 1 amide bonds. The average Bonchev–Trinajstić information content (AvgIpc) is 3.16. The summed E-state index contributed by atoms with van der Waals surface area (Å²) < 4.78 is 11.2. The maximum Gasteiger partial charge on any atom is 0.278 e. The van der Waals surface area contributed by atoms with Crippen molar-refractivity contribution in [2.45, 2.75) is 30.2 Å². The van der Waals surface area contributed by atoms with Crippen LogP contribution in [0.25, 0.3) is 0 Å². The maximum atomic E-state index is 13.0. The molecule has 3 aromatic carbocycles. The fourth-order valence-corrected chi connectivity index (χ4v) is 3.99. The quantitative estimate of drug-likeness (QED) is 0.374. The minimum absolute atomic E-state index is 0.198. The van der Waals surface area contributed by atoms with E-state index in [1.165, 1.54) is 0 Å². The molecule has 0 fully saturated rings. The van der Waals surface area contributed by atoms with E-state index in [1.807, 2.05) is 85.8 Å². The normalized spacial score (nSPS) is 10.6. The number of benzene rings is 3. The first-order chi connectivity index (χ1) is 15.1. The van der Waals surface area contributed by atoms with Crippen LogP contribution in [0.4, 0.5) is 5.69 Å². The van der Waals surface area contributed by atoms with E-state index in [0.29, 0.717) is 17.0 Å². The molecule has 5 nitrogen and oxygen atoms in total. The van der Waals surface area contributed by atoms with E-state index < -0.39 is 0 Å². The van der Waals surface area contributed by atoms with E-state index in [9.17, 15) is 4.79 Å². The van der Waals surface area contributed by atoms with Gasteiger partial charge in [0.25, 0.3) is 5.91 Å². The highest BCUT2D eigenvalue weighted by atomic mass is 32.2. The smallest absolute Gasteiger partial charge is 0.278 e. The molecule has 0 aliphatic rings. The van der Waals surface area contributed by atoms with Gasteiger partial charge in [-0.3, -0.25) is 4.79 Å². The zero-order valence-electron chi connectivity index (χ0n) is 17.3. The molecule has 1 N–H and O–H groups in total. The van der Waals surface area contributed by atoms with Crippen LogP contribution >= 0.6 is 11.8 Å². The van der Waals surface area contributed by atoms with Crippen LogP contribution < -0.4 is 10.1 Å². The number of rotatable bonds is 7. The molecule has 0 saturated heterocycles. The molecule has 4 rings (SSSR count). The van der Waals surface area contributed by atoms with Gasteiger partial charge >= 0.3 is 0 Å². The predicted octanol–water partition coefficient (Wildman–Crippen LogP) is 6.27. The first-order valence-corrected chi connectivity index (χ1v) is 10.7. The molecule has 1 aromatic heterocycles. The van der Waals surface area contributed by atoms with Crippen molar-refractivity contribution in [1.82, 2.24) is 5.16 Å². The molecule has 1 heterocycles. The molecule has 0 saturated carbocycles. The van der Waals surface area contributed by atoms with E-state index in [4.69, 9.17) is 9.26 Å². The fraction of sp³-hybridized carbons (Fsp3) is 0.120. The van der Waals surface area contributed by atoms with E-state index >= 15 is 0 Å². The van der Waals surface area contributed by atoms with E-state index in [-0.39, 0.29) is 18.2 Å². The Bertz CT molecular complexity index is 1190. The number of ether oxygens (including phenoxy) is 1. The topological polar surface area (TPSA) is 64.4 Å². The number of carbonyl (C=O) groups excluding carboxylic acids is 1. The van der Waals surface area contributed by atoms with Crippen LogP contribution in [0, 0.1) is 13.8 Å². The zero-order valence-corrected chi connectivity index (χ0v) is 18.1. The van der Waals surface area contributed by atoms with Crippen LogP contribution in [0.2, 0.25) is 0 Å². The molecule has 0 bridgehead atoms. The average molecular weight is 431 g/mol. The van der Waals surface area contributed by atoms with Crippen LogP contribution in [0.5, 0.6) is 5.75 Å². The fourth-order valence-electron chi connectivity index (χ4n) is 3.06. The van der Waals surface area contributed by atoms with Crippen molar-refractivity contribution >= 4 is 23.4 Å². The Kier molecular flexibility index (Phi) is 6.38. The Hall–Kier alpha value is -3.51. The van der Waals surface area contributed by atoms with Crippen molar-refractivity contribution in [1.29, 1.82) is 0 Å². The summed E-state index contributed by atoms with van der Waals surface area (Å²) in [6.07, 6.45) is 0. The molecule has 0 spiro atoms. The Morgan fingerprint density at radius 3 is 2.48 bits per heavy atom. The van der Waals surface area contributed by atoms with E-state index in [1.54, 1.807) is 18.7 Å². The molecule has 4 aromatic rings. The predicted molar refractivity (Wildman–Crippen MR) is 122 cm³/mol. The van der Waals surface area contributed by atoms with Crippen LogP contribution in [-0.2, 0) is 6.61 Å². The number of para-hydroxylation sites is 2. The lowest BCUT2D eigenvalue weighted by Crippen LogP contribution is -2.16. The first kappa shape index (κ1) is 20.8. The molecule has 0 aliphatic heterocycles. The number of carbonyl (C=O) groups is 1. The minimum Gasteiger partial charge on any atom is -0.488 e. The monoisotopic (exact) mass is 430 g/mol. The molecule has 0 unspecified atom stereocenters. The van der Waals surface area contributed by atoms with Crippen LogP contribution in [0.1, 0.15) is 27.4 Å². The molecular weight excluding hydrogens is 408 g/mol. The second-order valence-corrected chi connectivity index (χ2v) is 8.10. The minimum atomic E-state index is -0.332. The third-order valence-electron chi connectivity index (χ3n) is 4.77. The van der Waals surface area contributed by atoms with E-state index in [0.717, 1.165) is 21.1 Å². The number of aromatic nitrogens is 1. The third-order valence-corrected chi connectivity index (χ3v) is 5.86. The summed E-state index contributed by atoms with van der Waals surface area (Å²) in [7, 11) is 0. The second-order valence-electron chi connectivity index (χ2n) is 6.99. The van der Waals surface area contributed by atoms with Crippen molar-refractivity contribution in [3.05, 3.63) is 101 Å². The van der Waals surface area contributed by atoms with Gasteiger partial charge in [0.1, 0.15) is 18.1 Å². The number of hydrogen-bond acceptors (Lipinski definition) is 5. The number of anilines is 1. The van der Waals surface area contributed by atoms with Gasteiger partial charge in [-0.25, -0.2) is 0 Å². The molecule has 31 heavy (non-hydrogen) atoms. The lowest BCUT2D eigenvalue weighted by atomic mass is 10.2. The van der Waals surface area contributed by atoms with Crippen LogP contribution in [0.3, 0.4) is 0 Å².